The van der Waals surface area contributed by atoms with E-state index in [0.29, 0.717) is 17.8 Å². The van der Waals surface area contributed by atoms with E-state index in [0.717, 1.165) is 25.7 Å². The molecule has 4 nitrogen and oxygen atoms in total. The Labute approximate surface area is 176 Å². The summed E-state index contributed by atoms with van der Waals surface area (Å²) in [5.41, 5.74) is -0.0490. The largest absolute Gasteiger partial charge is 0.516 e. The number of carbonyl (C=O) groups excluding carboxylic acids is 2. The maximum Gasteiger partial charge on any atom is 0.516 e. The van der Waals surface area contributed by atoms with Crippen molar-refractivity contribution in [1.82, 2.24) is 0 Å². The topological polar surface area (TPSA) is 52.6 Å². The first-order valence-electron chi connectivity index (χ1n) is 9.52. The molecule has 1 fully saturated rings. The molecule has 0 aromatic heterocycles. The van der Waals surface area contributed by atoms with Crippen molar-refractivity contribution < 1.29 is 19.1 Å². The predicted molar refractivity (Wildman–Crippen MR) is 108 cm³/mol. The third-order valence-electron chi connectivity index (χ3n) is 6.24. The quantitative estimate of drug-likeness (QED) is 0.219. The number of allylic oxidation sites excluding steroid dienone is 2. The molecule has 0 radical (unpaired) electrons. The van der Waals surface area contributed by atoms with Gasteiger partial charge in [0, 0.05) is 0 Å². The summed E-state index contributed by atoms with van der Waals surface area (Å²) in [5, 5.41) is 0. The maximum absolute atomic E-state index is 12.6. The molecule has 2 rings (SSSR count). The first-order chi connectivity index (χ1) is 12.3. The van der Waals surface area contributed by atoms with Crippen molar-refractivity contribution in [2.45, 2.75) is 69.7 Å². The molecule has 0 saturated heterocycles. The van der Waals surface area contributed by atoms with Crippen LogP contribution in [-0.2, 0) is 14.3 Å². The summed E-state index contributed by atoms with van der Waals surface area (Å²) in [6.07, 6.45) is 5.49. The van der Waals surface area contributed by atoms with Crippen molar-refractivity contribution in [2.24, 2.45) is 29.6 Å². The van der Waals surface area contributed by atoms with E-state index in [9.17, 15) is 9.59 Å². The second-order valence-corrected chi connectivity index (χ2v) is 10.9. The fourth-order valence-electron chi connectivity index (χ4n) is 4.31. The lowest BCUT2D eigenvalue weighted by molar-refractivity contribution is -0.149. The number of halogens is 3. The summed E-state index contributed by atoms with van der Waals surface area (Å²) in [7, 11) is 0. The van der Waals surface area contributed by atoms with E-state index in [4.69, 9.17) is 44.3 Å². The Morgan fingerprint density at radius 1 is 1.19 bits per heavy atom. The molecule has 2 aliphatic carbocycles. The van der Waals surface area contributed by atoms with E-state index in [1.807, 2.05) is 6.92 Å². The van der Waals surface area contributed by atoms with Crippen molar-refractivity contribution in [3.8, 4) is 0 Å². The summed E-state index contributed by atoms with van der Waals surface area (Å²) in [6.45, 7) is 9.15. The van der Waals surface area contributed by atoms with Crippen LogP contribution >= 0.6 is 34.8 Å². The molecule has 0 N–H and O–H groups in total. The van der Waals surface area contributed by atoms with Crippen molar-refractivity contribution >= 4 is 46.9 Å². The lowest BCUT2D eigenvalue weighted by Gasteiger charge is -2.45. The zero-order valence-electron chi connectivity index (χ0n) is 16.6. The molecule has 0 aromatic rings. The number of hydrogen-bond acceptors (Lipinski definition) is 4. The van der Waals surface area contributed by atoms with Crippen LogP contribution in [0.15, 0.2) is 11.6 Å². The second-order valence-electron chi connectivity index (χ2n) is 8.58. The lowest BCUT2D eigenvalue weighted by atomic mass is 9.60. The SMILES string of the molecule is CC1=CC2C(CC1)C(C)CCC2C(C)C(=O)OC(=O)OC(C)(C)C(Cl)(Cl)Cl. The molecule has 0 bridgehead atoms. The Morgan fingerprint density at radius 2 is 1.81 bits per heavy atom. The average Bonchev–Trinajstić information content (AvgIpc) is 2.52. The van der Waals surface area contributed by atoms with Gasteiger partial charge in [0.1, 0.15) is 0 Å². The molecular weight excluding hydrogens is 411 g/mol. The van der Waals surface area contributed by atoms with E-state index in [-0.39, 0.29) is 5.92 Å². The van der Waals surface area contributed by atoms with Crippen molar-refractivity contribution in [1.29, 1.82) is 0 Å². The Bertz CT molecular complexity index is 609. The summed E-state index contributed by atoms with van der Waals surface area (Å²) < 4.78 is 8.16. The van der Waals surface area contributed by atoms with Gasteiger partial charge in [-0.2, -0.15) is 0 Å². The summed E-state index contributed by atoms with van der Waals surface area (Å²) in [5.74, 6) is 0.735. The summed E-state index contributed by atoms with van der Waals surface area (Å²) in [4.78, 5) is 24.6. The van der Waals surface area contributed by atoms with Crippen LogP contribution in [0.4, 0.5) is 4.79 Å². The minimum Gasteiger partial charge on any atom is -0.423 e. The number of rotatable bonds is 3. The Kier molecular flexibility index (Phi) is 7.19. The number of fused-ring (bicyclic) bond motifs is 1. The standard InChI is InChI=1S/C20H29Cl3O4/c1-11-6-8-14-12(2)7-9-15(16(14)10-11)13(3)17(24)26-18(25)27-19(4,5)20(21,22)23/h10,12-16H,6-9H2,1-5H3. The molecular formula is C20H29Cl3O4. The van der Waals surface area contributed by atoms with Gasteiger partial charge in [-0.3, -0.25) is 4.79 Å². The molecule has 154 valence electrons. The number of esters is 1. The van der Waals surface area contributed by atoms with Gasteiger partial charge in [0.2, 0.25) is 3.79 Å². The van der Waals surface area contributed by atoms with Gasteiger partial charge in [-0.1, -0.05) is 66.7 Å². The zero-order valence-corrected chi connectivity index (χ0v) is 18.8. The summed E-state index contributed by atoms with van der Waals surface area (Å²) in [6, 6.07) is 0. The van der Waals surface area contributed by atoms with E-state index in [1.54, 1.807) is 0 Å². The average molecular weight is 440 g/mol. The fourth-order valence-corrected chi connectivity index (χ4v) is 4.43. The van der Waals surface area contributed by atoms with Gasteiger partial charge < -0.3 is 9.47 Å². The van der Waals surface area contributed by atoms with Gasteiger partial charge in [0.15, 0.2) is 5.60 Å². The number of hydrogen-bond donors (Lipinski definition) is 0. The molecule has 5 atom stereocenters. The molecule has 0 aromatic carbocycles. The first kappa shape index (κ1) is 22.8. The molecule has 27 heavy (non-hydrogen) atoms. The van der Waals surface area contributed by atoms with E-state index < -0.39 is 27.4 Å². The number of carbonyl (C=O) groups is 2. The highest BCUT2D eigenvalue weighted by molar-refractivity contribution is 6.68. The Hall–Kier alpha value is -0.450. The van der Waals surface area contributed by atoms with E-state index in [1.165, 1.54) is 19.4 Å². The Balaban J connectivity index is 2.04. The minimum absolute atomic E-state index is 0.155. The van der Waals surface area contributed by atoms with Crippen molar-refractivity contribution in [2.75, 3.05) is 0 Å². The molecule has 0 spiro atoms. The molecule has 2 aliphatic rings. The van der Waals surface area contributed by atoms with Gasteiger partial charge in [0.05, 0.1) is 5.92 Å². The van der Waals surface area contributed by atoms with Gasteiger partial charge >= 0.3 is 12.1 Å². The minimum atomic E-state index is -1.84. The molecule has 0 amide bonds. The van der Waals surface area contributed by atoms with Crippen LogP contribution in [0.2, 0.25) is 0 Å². The Morgan fingerprint density at radius 3 is 2.41 bits per heavy atom. The van der Waals surface area contributed by atoms with Gasteiger partial charge in [-0.05, 0) is 63.7 Å². The van der Waals surface area contributed by atoms with Crippen molar-refractivity contribution in [3.05, 3.63) is 11.6 Å². The summed E-state index contributed by atoms with van der Waals surface area (Å²) >= 11 is 17.4. The van der Waals surface area contributed by atoms with Crippen LogP contribution in [0.25, 0.3) is 0 Å². The van der Waals surface area contributed by atoms with Gasteiger partial charge in [-0.25, -0.2) is 4.79 Å². The molecule has 1 saturated carbocycles. The van der Waals surface area contributed by atoms with E-state index in [2.05, 4.69) is 19.9 Å². The highest BCUT2D eigenvalue weighted by Gasteiger charge is 2.46. The number of alkyl halides is 3. The smallest absolute Gasteiger partial charge is 0.423 e. The molecule has 5 unspecified atom stereocenters. The van der Waals surface area contributed by atoms with Crippen LogP contribution in [0.3, 0.4) is 0 Å². The monoisotopic (exact) mass is 438 g/mol. The normalized spacial score (nSPS) is 30.0. The fraction of sp³-hybridized carbons (Fsp3) is 0.800. The third-order valence-corrected chi connectivity index (χ3v) is 7.61. The third kappa shape index (κ3) is 5.33. The second kappa shape index (κ2) is 8.51. The number of ether oxygens (including phenoxy) is 2. The van der Waals surface area contributed by atoms with E-state index >= 15 is 0 Å². The van der Waals surface area contributed by atoms with Gasteiger partial charge in [-0.15, -0.1) is 0 Å². The highest BCUT2D eigenvalue weighted by Crippen LogP contribution is 2.48. The van der Waals surface area contributed by atoms with Crippen LogP contribution in [0, 0.1) is 29.6 Å². The molecule has 0 heterocycles. The first-order valence-corrected chi connectivity index (χ1v) is 10.7. The maximum atomic E-state index is 12.6. The van der Waals surface area contributed by atoms with Crippen LogP contribution in [0.1, 0.15) is 60.3 Å². The molecule has 7 heteroatoms. The van der Waals surface area contributed by atoms with Crippen LogP contribution in [-0.4, -0.2) is 21.5 Å². The van der Waals surface area contributed by atoms with Crippen LogP contribution < -0.4 is 0 Å². The van der Waals surface area contributed by atoms with Crippen LogP contribution in [0.5, 0.6) is 0 Å². The lowest BCUT2D eigenvalue weighted by Crippen LogP contribution is -2.43. The molecule has 0 aliphatic heterocycles. The van der Waals surface area contributed by atoms with Gasteiger partial charge in [0.25, 0.3) is 0 Å². The zero-order chi connectivity index (χ0) is 20.6. The van der Waals surface area contributed by atoms with Crippen molar-refractivity contribution in [3.63, 3.8) is 0 Å². The highest BCUT2D eigenvalue weighted by atomic mass is 35.6. The predicted octanol–water partition coefficient (Wildman–Crippen LogP) is 6.47.